The second-order valence-corrected chi connectivity index (χ2v) is 6.01. The predicted molar refractivity (Wildman–Crippen MR) is 71.1 cm³/mol. The molecule has 1 aliphatic carbocycles. The number of fused-ring (bicyclic) bond motifs is 3. The van der Waals surface area contributed by atoms with Gasteiger partial charge in [-0.05, 0) is 29.4 Å². The third-order valence-electron chi connectivity index (χ3n) is 4.92. The zero-order valence-corrected chi connectivity index (χ0v) is 11.5. The van der Waals surface area contributed by atoms with Crippen LogP contribution in [0.25, 0.3) is 0 Å². The number of cyclic esters (lactones) is 2. The maximum absolute atomic E-state index is 12.0. The van der Waals surface area contributed by atoms with Gasteiger partial charge in [0.2, 0.25) is 0 Å². The first-order valence-electron chi connectivity index (χ1n) is 7.32. The summed E-state index contributed by atoms with van der Waals surface area (Å²) in [5.41, 5.74) is 2.37. The first kappa shape index (κ1) is 13.0. The normalized spacial score (nSPS) is 35.0. The molecule has 0 saturated carbocycles. The highest BCUT2D eigenvalue weighted by molar-refractivity contribution is 5.95. The van der Waals surface area contributed by atoms with Crippen LogP contribution in [-0.4, -0.2) is 25.2 Å². The summed E-state index contributed by atoms with van der Waals surface area (Å²) >= 11 is 0. The molecule has 0 N–H and O–H groups in total. The standard InChI is InChI=1S/C16H16O5/c17-15-6-13(16(18)21-15)12-5-9-7-19-20-8-14(9)11-4-2-1-3-10(11)12/h1-4,9,12-14H,5-8H2. The van der Waals surface area contributed by atoms with E-state index in [1.807, 2.05) is 12.1 Å². The lowest BCUT2D eigenvalue weighted by Crippen LogP contribution is -2.36. The van der Waals surface area contributed by atoms with Crippen LogP contribution < -0.4 is 0 Å². The Hall–Kier alpha value is -1.72. The molecule has 4 unspecified atom stereocenters. The number of carbonyl (C=O) groups excluding carboxylic acids is 2. The summed E-state index contributed by atoms with van der Waals surface area (Å²) in [6.45, 7) is 1.08. The fourth-order valence-electron chi connectivity index (χ4n) is 3.90. The molecule has 0 aromatic heterocycles. The third kappa shape index (κ3) is 2.08. The molecular weight excluding hydrogens is 272 g/mol. The van der Waals surface area contributed by atoms with Crippen LogP contribution in [0.4, 0.5) is 0 Å². The zero-order chi connectivity index (χ0) is 14.4. The third-order valence-corrected chi connectivity index (χ3v) is 4.92. The Kier molecular flexibility index (Phi) is 3.05. The van der Waals surface area contributed by atoms with E-state index in [0.29, 0.717) is 25.0 Å². The number of esters is 2. The largest absolute Gasteiger partial charge is 0.393 e. The van der Waals surface area contributed by atoms with Gasteiger partial charge < -0.3 is 4.74 Å². The summed E-state index contributed by atoms with van der Waals surface area (Å²) in [5, 5.41) is 0. The number of hydrogen-bond donors (Lipinski definition) is 0. The first-order chi connectivity index (χ1) is 10.2. The molecule has 0 bridgehead atoms. The van der Waals surface area contributed by atoms with Crippen molar-refractivity contribution in [2.24, 2.45) is 11.8 Å². The maximum atomic E-state index is 12.0. The molecule has 5 heteroatoms. The Balaban J connectivity index is 1.74. The van der Waals surface area contributed by atoms with Crippen molar-refractivity contribution in [1.82, 2.24) is 0 Å². The van der Waals surface area contributed by atoms with Gasteiger partial charge in [0, 0.05) is 5.92 Å². The van der Waals surface area contributed by atoms with Gasteiger partial charge in [-0.25, -0.2) is 9.78 Å². The van der Waals surface area contributed by atoms with Gasteiger partial charge in [-0.2, -0.15) is 0 Å². The quantitative estimate of drug-likeness (QED) is 0.449. The van der Waals surface area contributed by atoms with E-state index in [-0.39, 0.29) is 24.2 Å². The van der Waals surface area contributed by atoms with Gasteiger partial charge in [0.15, 0.2) is 0 Å². The van der Waals surface area contributed by atoms with Gasteiger partial charge in [-0.3, -0.25) is 9.59 Å². The van der Waals surface area contributed by atoms with Crippen LogP contribution in [0.3, 0.4) is 0 Å². The van der Waals surface area contributed by atoms with E-state index in [4.69, 9.17) is 14.5 Å². The smallest absolute Gasteiger partial charge is 0.317 e. The summed E-state index contributed by atoms with van der Waals surface area (Å²) < 4.78 is 4.74. The number of carbonyl (C=O) groups is 2. The lowest BCUT2D eigenvalue weighted by Gasteiger charge is -2.40. The van der Waals surface area contributed by atoms with Crippen molar-refractivity contribution < 1.29 is 24.1 Å². The van der Waals surface area contributed by atoms with Gasteiger partial charge in [-0.15, -0.1) is 0 Å². The Labute approximate surface area is 122 Å². The Bertz CT molecular complexity index is 596. The summed E-state index contributed by atoms with van der Waals surface area (Å²) in [4.78, 5) is 33.6. The van der Waals surface area contributed by atoms with E-state index in [1.54, 1.807) is 0 Å². The topological polar surface area (TPSA) is 61.8 Å². The van der Waals surface area contributed by atoms with Crippen LogP contribution >= 0.6 is 0 Å². The van der Waals surface area contributed by atoms with Gasteiger partial charge in [0.25, 0.3) is 0 Å². The van der Waals surface area contributed by atoms with E-state index >= 15 is 0 Å². The summed E-state index contributed by atoms with van der Waals surface area (Å²) in [5.74, 6) is -0.494. The Morgan fingerprint density at radius 1 is 0.905 bits per heavy atom. The number of hydrogen-bond acceptors (Lipinski definition) is 5. The van der Waals surface area contributed by atoms with Crippen LogP contribution in [0, 0.1) is 11.8 Å². The highest BCUT2D eigenvalue weighted by Gasteiger charge is 2.46. The molecule has 2 saturated heterocycles. The monoisotopic (exact) mass is 288 g/mol. The van der Waals surface area contributed by atoms with Gasteiger partial charge in [0.1, 0.15) is 0 Å². The molecule has 1 aromatic carbocycles. The highest BCUT2D eigenvalue weighted by Crippen LogP contribution is 2.48. The van der Waals surface area contributed by atoms with Crippen molar-refractivity contribution in [3.05, 3.63) is 35.4 Å². The molecular formula is C16H16O5. The molecule has 2 heterocycles. The van der Waals surface area contributed by atoms with E-state index in [0.717, 1.165) is 12.0 Å². The van der Waals surface area contributed by atoms with Crippen molar-refractivity contribution in [2.75, 3.05) is 13.2 Å². The minimum atomic E-state index is -0.409. The molecule has 1 aromatic rings. The lowest BCUT2D eigenvalue weighted by atomic mass is 9.66. The summed E-state index contributed by atoms with van der Waals surface area (Å²) in [7, 11) is 0. The molecule has 5 nitrogen and oxygen atoms in total. The molecule has 4 atom stereocenters. The Morgan fingerprint density at radius 2 is 1.62 bits per heavy atom. The minimum absolute atomic E-state index is 0.0306. The van der Waals surface area contributed by atoms with E-state index in [2.05, 4.69) is 12.1 Å². The molecule has 4 rings (SSSR count). The van der Waals surface area contributed by atoms with Crippen molar-refractivity contribution in [3.63, 3.8) is 0 Å². The van der Waals surface area contributed by atoms with E-state index < -0.39 is 5.97 Å². The van der Waals surface area contributed by atoms with E-state index in [9.17, 15) is 9.59 Å². The maximum Gasteiger partial charge on any atom is 0.317 e. The SMILES string of the molecule is O=C1CC(C2CC3COOCC3c3ccccc32)C(=O)O1. The molecule has 2 fully saturated rings. The lowest BCUT2D eigenvalue weighted by molar-refractivity contribution is -0.331. The number of benzene rings is 1. The van der Waals surface area contributed by atoms with E-state index in [1.165, 1.54) is 5.56 Å². The highest BCUT2D eigenvalue weighted by atomic mass is 17.2. The second-order valence-electron chi connectivity index (χ2n) is 6.01. The number of ether oxygens (including phenoxy) is 1. The fraction of sp³-hybridized carbons (Fsp3) is 0.500. The van der Waals surface area contributed by atoms with Crippen molar-refractivity contribution in [1.29, 1.82) is 0 Å². The summed E-state index contributed by atoms with van der Waals surface area (Å²) in [6, 6.07) is 8.14. The van der Waals surface area contributed by atoms with Crippen LogP contribution in [0.1, 0.15) is 35.8 Å². The van der Waals surface area contributed by atoms with Crippen LogP contribution in [0.15, 0.2) is 24.3 Å². The van der Waals surface area contributed by atoms with Crippen LogP contribution in [-0.2, 0) is 24.1 Å². The van der Waals surface area contributed by atoms with Crippen molar-refractivity contribution in [2.45, 2.75) is 24.7 Å². The average molecular weight is 288 g/mol. The Morgan fingerprint density at radius 3 is 2.33 bits per heavy atom. The van der Waals surface area contributed by atoms with Gasteiger partial charge >= 0.3 is 11.9 Å². The molecule has 0 radical (unpaired) electrons. The molecule has 0 amide bonds. The van der Waals surface area contributed by atoms with Crippen molar-refractivity contribution >= 4 is 11.9 Å². The first-order valence-corrected chi connectivity index (χ1v) is 7.32. The minimum Gasteiger partial charge on any atom is -0.393 e. The molecule has 21 heavy (non-hydrogen) atoms. The average Bonchev–Trinajstić information content (AvgIpc) is 2.85. The van der Waals surface area contributed by atoms with Gasteiger partial charge in [-0.1, -0.05) is 24.3 Å². The van der Waals surface area contributed by atoms with Crippen molar-refractivity contribution in [3.8, 4) is 0 Å². The van der Waals surface area contributed by atoms with Gasteiger partial charge in [0.05, 0.1) is 25.6 Å². The van der Waals surface area contributed by atoms with Crippen LogP contribution in [0.2, 0.25) is 0 Å². The molecule has 0 spiro atoms. The molecule has 3 aliphatic rings. The summed E-state index contributed by atoms with van der Waals surface area (Å²) in [6.07, 6.45) is 1.02. The van der Waals surface area contributed by atoms with Crippen LogP contribution in [0.5, 0.6) is 0 Å². The molecule has 110 valence electrons. The predicted octanol–water partition coefficient (Wildman–Crippen LogP) is 1.93. The zero-order valence-electron chi connectivity index (χ0n) is 11.5. The second kappa shape index (κ2) is 4.93. The fourth-order valence-corrected chi connectivity index (χ4v) is 3.90. The molecule has 2 aliphatic heterocycles. The number of rotatable bonds is 1.